The van der Waals surface area contributed by atoms with E-state index in [9.17, 15) is 8.78 Å². The minimum absolute atomic E-state index is 0.107. The Bertz CT molecular complexity index is 276. The molecule has 0 saturated heterocycles. The molecule has 1 aromatic heterocycles. The minimum Gasteiger partial charge on any atom is -0.390 e. The Morgan fingerprint density at radius 3 is 2.67 bits per heavy atom. The fourth-order valence-electron chi connectivity index (χ4n) is 0.910. The van der Waals surface area contributed by atoms with E-state index >= 15 is 0 Å². The number of aryl methyl sites for hydroxylation is 1. The van der Waals surface area contributed by atoms with Crippen molar-refractivity contribution in [2.45, 2.75) is 20.0 Å². The molecule has 0 spiro atoms. The number of aromatic nitrogens is 1. The van der Waals surface area contributed by atoms with Crippen LogP contribution in [0.4, 0.5) is 8.78 Å². The van der Waals surface area contributed by atoms with Gasteiger partial charge in [-0.1, -0.05) is 0 Å². The number of halogens is 2. The van der Waals surface area contributed by atoms with Crippen LogP contribution in [-0.2, 0) is 6.61 Å². The molecule has 0 unspecified atom stereocenters. The van der Waals surface area contributed by atoms with E-state index in [1.54, 1.807) is 6.92 Å². The Hall–Kier alpha value is -1.03. The van der Waals surface area contributed by atoms with Crippen molar-refractivity contribution >= 4 is 0 Å². The highest BCUT2D eigenvalue weighted by Crippen LogP contribution is 2.19. The molecule has 2 nitrogen and oxygen atoms in total. The maximum atomic E-state index is 12.1. The normalized spacial score (nSPS) is 10.8. The highest BCUT2D eigenvalue weighted by atomic mass is 19.3. The lowest BCUT2D eigenvalue weighted by atomic mass is 10.1. The van der Waals surface area contributed by atoms with Gasteiger partial charge in [0.15, 0.2) is 0 Å². The molecule has 0 saturated carbocycles. The fourth-order valence-corrected chi connectivity index (χ4v) is 0.910. The summed E-state index contributed by atoms with van der Waals surface area (Å²) in [6.07, 6.45) is -1.41. The van der Waals surface area contributed by atoms with Gasteiger partial charge in [-0.15, -0.1) is 0 Å². The van der Waals surface area contributed by atoms with Crippen LogP contribution >= 0.6 is 0 Å². The first-order valence-electron chi connectivity index (χ1n) is 3.49. The van der Waals surface area contributed by atoms with E-state index in [1.165, 1.54) is 6.07 Å². The first-order chi connectivity index (χ1) is 5.65. The zero-order valence-electron chi connectivity index (χ0n) is 6.59. The van der Waals surface area contributed by atoms with Crippen LogP contribution in [-0.4, -0.2) is 10.1 Å². The molecule has 0 atom stereocenters. The molecular weight excluding hydrogens is 164 g/mol. The average molecular weight is 173 g/mol. The average Bonchev–Trinajstić information content (AvgIpc) is 2.04. The molecule has 1 rings (SSSR count). The van der Waals surface area contributed by atoms with Crippen LogP contribution in [0.1, 0.15) is 23.2 Å². The van der Waals surface area contributed by atoms with Crippen molar-refractivity contribution in [3.63, 3.8) is 0 Å². The topological polar surface area (TPSA) is 33.1 Å². The number of aliphatic hydroxyl groups is 1. The molecule has 0 bridgehead atoms. The standard InChI is InChI=1S/C8H9F2NO/c1-5-2-6(8(9)10)3-11-7(5)4-12/h2-3,8,12H,4H2,1H3. The van der Waals surface area contributed by atoms with Gasteiger partial charge in [-0.25, -0.2) is 8.78 Å². The minimum atomic E-state index is -2.50. The Morgan fingerprint density at radius 1 is 1.58 bits per heavy atom. The third kappa shape index (κ3) is 1.76. The number of nitrogens with zero attached hydrogens (tertiary/aromatic N) is 1. The van der Waals surface area contributed by atoms with Gasteiger partial charge in [0.2, 0.25) is 0 Å². The van der Waals surface area contributed by atoms with Crippen LogP contribution in [0.2, 0.25) is 0 Å². The SMILES string of the molecule is Cc1cc(C(F)F)cnc1CO. The maximum Gasteiger partial charge on any atom is 0.265 e. The summed E-state index contributed by atoms with van der Waals surface area (Å²) in [7, 11) is 0. The van der Waals surface area contributed by atoms with Gasteiger partial charge >= 0.3 is 0 Å². The van der Waals surface area contributed by atoms with Gasteiger partial charge < -0.3 is 5.11 Å². The molecule has 0 radical (unpaired) electrons. The molecule has 66 valence electrons. The van der Waals surface area contributed by atoms with Crippen LogP contribution in [0.3, 0.4) is 0 Å². The van der Waals surface area contributed by atoms with E-state index in [0.717, 1.165) is 6.20 Å². The lowest BCUT2D eigenvalue weighted by Gasteiger charge is -2.03. The summed E-state index contributed by atoms with van der Waals surface area (Å²) in [6.45, 7) is 1.43. The second-order valence-electron chi connectivity index (χ2n) is 2.49. The largest absolute Gasteiger partial charge is 0.390 e. The molecular formula is C8H9F2NO. The Morgan fingerprint density at radius 2 is 2.25 bits per heavy atom. The maximum absolute atomic E-state index is 12.1. The smallest absolute Gasteiger partial charge is 0.265 e. The van der Waals surface area contributed by atoms with Gasteiger partial charge in [-0.3, -0.25) is 4.98 Å². The Balaban J connectivity index is 3.02. The molecule has 0 fully saturated rings. The van der Waals surface area contributed by atoms with Gasteiger partial charge in [0.05, 0.1) is 12.3 Å². The summed E-state index contributed by atoms with van der Waals surface area (Å²) in [5, 5.41) is 8.70. The number of hydrogen-bond acceptors (Lipinski definition) is 2. The van der Waals surface area contributed by atoms with E-state index in [1.807, 2.05) is 0 Å². The van der Waals surface area contributed by atoms with Crippen molar-refractivity contribution in [2.75, 3.05) is 0 Å². The molecule has 4 heteroatoms. The molecule has 0 amide bonds. The van der Waals surface area contributed by atoms with Crippen molar-refractivity contribution < 1.29 is 13.9 Å². The van der Waals surface area contributed by atoms with Crippen LogP contribution in [0.25, 0.3) is 0 Å². The van der Waals surface area contributed by atoms with Crippen LogP contribution in [0.15, 0.2) is 12.3 Å². The summed E-state index contributed by atoms with van der Waals surface area (Å²) >= 11 is 0. The van der Waals surface area contributed by atoms with Crippen molar-refractivity contribution in [1.82, 2.24) is 4.98 Å². The zero-order valence-corrected chi connectivity index (χ0v) is 6.59. The van der Waals surface area contributed by atoms with E-state index in [4.69, 9.17) is 5.11 Å². The predicted molar refractivity (Wildman–Crippen MR) is 39.9 cm³/mol. The van der Waals surface area contributed by atoms with Crippen LogP contribution < -0.4 is 0 Å². The van der Waals surface area contributed by atoms with E-state index in [-0.39, 0.29) is 12.2 Å². The van der Waals surface area contributed by atoms with Crippen molar-refractivity contribution in [3.8, 4) is 0 Å². The lowest BCUT2D eigenvalue weighted by Crippen LogP contribution is -1.96. The molecule has 1 N–H and O–H groups in total. The number of hydrogen-bond donors (Lipinski definition) is 1. The van der Waals surface area contributed by atoms with Crippen molar-refractivity contribution in [3.05, 3.63) is 29.1 Å². The molecule has 1 aromatic rings. The summed E-state index contributed by atoms with van der Waals surface area (Å²) in [6, 6.07) is 1.34. The van der Waals surface area contributed by atoms with Gasteiger partial charge in [0, 0.05) is 11.8 Å². The van der Waals surface area contributed by atoms with Gasteiger partial charge in [0.25, 0.3) is 6.43 Å². The first-order valence-corrected chi connectivity index (χ1v) is 3.49. The Labute approximate surface area is 68.9 Å². The molecule has 0 aromatic carbocycles. The summed E-state index contributed by atoms with van der Waals surface area (Å²) < 4.78 is 24.2. The number of alkyl halides is 2. The van der Waals surface area contributed by atoms with Crippen molar-refractivity contribution in [2.24, 2.45) is 0 Å². The summed E-state index contributed by atoms with van der Waals surface area (Å²) in [5.74, 6) is 0. The highest BCUT2D eigenvalue weighted by Gasteiger charge is 2.08. The van der Waals surface area contributed by atoms with Gasteiger partial charge in [-0.05, 0) is 18.6 Å². The highest BCUT2D eigenvalue weighted by molar-refractivity contribution is 5.24. The second kappa shape index (κ2) is 3.58. The lowest BCUT2D eigenvalue weighted by molar-refractivity contribution is 0.150. The molecule has 12 heavy (non-hydrogen) atoms. The van der Waals surface area contributed by atoms with Crippen molar-refractivity contribution in [1.29, 1.82) is 0 Å². The van der Waals surface area contributed by atoms with Crippen LogP contribution in [0.5, 0.6) is 0 Å². The van der Waals surface area contributed by atoms with Gasteiger partial charge in [-0.2, -0.15) is 0 Å². The summed E-state index contributed by atoms with van der Waals surface area (Å²) in [4.78, 5) is 3.69. The molecule has 0 aliphatic heterocycles. The van der Waals surface area contributed by atoms with Crippen LogP contribution in [0, 0.1) is 6.92 Å². The monoisotopic (exact) mass is 173 g/mol. The fraction of sp³-hybridized carbons (Fsp3) is 0.375. The third-order valence-electron chi connectivity index (χ3n) is 1.61. The van der Waals surface area contributed by atoms with E-state index in [0.29, 0.717) is 11.3 Å². The molecule has 1 heterocycles. The third-order valence-corrected chi connectivity index (χ3v) is 1.61. The van der Waals surface area contributed by atoms with Gasteiger partial charge in [0.1, 0.15) is 0 Å². The summed E-state index contributed by atoms with van der Waals surface area (Å²) in [5.41, 5.74) is 0.930. The predicted octanol–water partition coefficient (Wildman–Crippen LogP) is 1.82. The molecule has 0 aliphatic carbocycles. The van der Waals surface area contributed by atoms with E-state index in [2.05, 4.69) is 4.98 Å². The zero-order chi connectivity index (χ0) is 9.14. The quantitative estimate of drug-likeness (QED) is 0.739. The number of rotatable bonds is 2. The second-order valence-corrected chi connectivity index (χ2v) is 2.49. The Kier molecular flexibility index (Phi) is 2.70. The first kappa shape index (κ1) is 9.06. The van der Waals surface area contributed by atoms with E-state index < -0.39 is 6.43 Å². The number of pyridine rings is 1. The molecule has 0 aliphatic rings. The number of aliphatic hydroxyl groups excluding tert-OH is 1.